The van der Waals surface area contributed by atoms with Gasteiger partial charge in [0, 0.05) is 15.5 Å². The van der Waals surface area contributed by atoms with E-state index in [-0.39, 0.29) is 0 Å². The number of rotatable bonds is 2. The Morgan fingerprint density at radius 2 is 1.77 bits per heavy atom. The fourth-order valence-electron chi connectivity index (χ4n) is 1.20. The van der Waals surface area contributed by atoms with Gasteiger partial charge < -0.3 is 11.5 Å². The Bertz CT molecular complexity index is 324. The number of anilines is 2. The monoisotopic (exact) mass is 214 g/mol. The van der Waals surface area contributed by atoms with Crippen LogP contribution in [-0.2, 0) is 0 Å². The third-order valence-corrected chi connectivity index (χ3v) is 3.71. The van der Waals surface area contributed by atoms with Gasteiger partial charge in [-0.2, -0.15) is 0 Å². The van der Waals surface area contributed by atoms with E-state index in [0.29, 0.717) is 0 Å². The SMILES string of the molecule is CSc1cc(N)c(C)c(SC)c1N. The van der Waals surface area contributed by atoms with Gasteiger partial charge in [0.05, 0.1) is 5.69 Å². The van der Waals surface area contributed by atoms with Crippen molar-refractivity contribution in [1.29, 1.82) is 0 Å². The highest BCUT2D eigenvalue weighted by Gasteiger charge is 2.09. The molecule has 1 aromatic rings. The summed E-state index contributed by atoms with van der Waals surface area (Å²) in [4.78, 5) is 2.16. The van der Waals surface area contributed by atoms with Crippen molar-refractivity contribution in [3.05, 3.63) is 11.6 Å². The molecule has 0 saturated heterocycles. The van der Waals surface area contributed by atoms with Crippen molar-refractivity contribution in [3.8, 4) is 0 Å². The van der Waals surface area contributed by atoms with Crippen LogP contribution in [0.3, 0.4) is 0 Å². The van der Waals surface area contributed by atoms with E-state index in [1.165, 1.54) is 0 Å². The minimum absolute atomic E-state index is 0.822. The average Bonchev–Trinajstić information content (AvgIpc) is 2.12. The summed E-state index contributed by atoms with van der Waals surface area (Å²) in [5.41, 5.74) is 14.6. The van der Waals surface area contributed by atoms with Crippen LogP contribution in [0, 0.1) is 6.92 Å². The Hall–Kier alpha value is -0.480. The first-order chi connectivity index (χ1) is 6.11. The first kappa shape index (κ1) is 10.6. The maximum absolute atomic E-state index is 5.98. The number of hydrogen-bond acceptors (Lipinski definition) is 4. The summed E-state index contributed by atoms with van der Waals surface area (Å²) in [7, 11) is 0. The molecule has 4 heteroatoms. The summed E-state index contributed by atoms with van der Waals surface area (Å²) in [5, 5.41) is 0. The lowest BCUT2D eigenvalue weighted by Crippen LogP contribution is -1.98. The summed E-state index contributed by atoms with van der Waals surface area (Å²) in [6.07, 6.45) is 4.02. The zero-order chi connectivity index (χ0) is 10.0. The van der Waals surface area contributed by atoms with Gasteiger partial charge in [-0.1, -0.05) is 0 Å². The van der Waals surface area contributed by atoms with Gasteiger partial charge in [-0.15, -0.1) is 23.5 Å². The second-order valence-corrected chi connectivity index (χ2v) is 4.40. The van der Waals surface area contributed by atoms with Crippen LogP contribution in [0.15, 0.2) is 15.9 Å². The fraction of sp³-hybridized carbons (Fsp3) is 0.333. The minimum atomic E-state index is 0.822. The molecule has 0 radical (unpaired) electrons. The van der Waals surface area contributed by atoms with Crippen molar-refractivity contribution < 1.29 is 0 Å². The molecule has 0 spiro atoms. The molecule has 0 amide bonds. The van der Waals surface area contributed by atoms with E-state index in [2.05, 4.69) is 0 Å². The predicted molar refractivity (Wildman–Crippen MR) is 63.6 cm³/mol. The maximum Gasteiger partial charge on any atom is 0.0594 e. The second kappa shape index (κ2) is 4.15. The molecule has 4 N–H and O–H groups in total. The topological polar surface area (TPSA) is 52.0 Å². The van der Waals surface area contributed by atoms with Crippen molar-refractivity contribution in [2.24, 2.45) is 0 Å². The Balaban J connectivity index is 3.39. The van der Waals surface area contributed by atoms with Crippen LogP contribution < -0.4 is 11.5 Å². The molecule has 0 aliphatic carbocycles. The van der Waals surface area contributed by atoms with Gasteiger partial charge in [0.2, 0.25) is 0 Å². The van der Waals surface area contributed by atoms with Crippen molar-refractivity contribution in [1.82, 2.24) is 0 Å². The molecule has 0 aromatic heterocycles. The Morgan fingerprint density at radius 3 is 2.23 bits per heavy atom. The van der Waals surface area contributed by atoms with E-state index >= 15 is 0 Å². The molecule has 0 bridgehead atoms. The lowest BCUT2D eigenvalue weighted by Gasteiger charge is -2.12. The van der Waals surface area contributed by atoms with Crippen molar-refractivity contribution in [2.75, 3.05) is 24.0 Å². The first-order valence-electron chi connectivity index (χ1n) is 3.88. The quantitative estimate of drug-likeness (QED) is 0.587. The van der Waals surface area contributed by atoms with E-state index in [4.69, 9.17) is 11.5 Å². The first-order valence-corrected chi connectivity index (χ1v) is 6.33. The van der Waals surface area contributed by atoms with Crippen LogP contribution in [0.25, 0.3) is 0 Å². The lowest BCUT2D eigenvalue weighted by molar-refractivity contribution is 1.26. The van der Waals surface area contributed by atoms with Crippen molar-refractivity contribution >= 4 is 34.9 Å². The third-order valence-electron chi connectivity index (χ3n) is 1.99. The average molecular weight is 214 g/mol. The Kier molecular flexibility index (Phi) is 3.39. The standard InChI is InChI=1S/C9H14N2S2/c1-5-6(10)4-7(12-2)8(11)9(5)13-3/h4H,10-11H2,1-3H3. The molecule has 2 nitrogen and oxygen atoms in total. The number of hydrogen-bond donors (Lipinski definition) is 2. The predicted octanol–water partition coefficient (Wildman–Crippen LogP) is 2.60. The van der Waals surface area contributed by atoms with Crippen molar-refractivity contribution in [2.45, 2.75) is 16.7 Å². The molecular weight excluding hydrogens is 200 g/mol. The number of nitrogen functional groups attached to an aromatic ring is 2. The van der Waals surface area contributed by atoms with Crippen LogP contribution in [0.4, 0.5) is 11.4 Å². The van der Waals surface area contributed by atoms with E-state index in [9.17, 15) is 0 Å². The highest BCUT2D eigenvalue weighted by molar-refractivity contribution is 7.99. The van der Waals surface area contributed by atoms with Crippen LogP contribution in [0.1, 0.15) is 5.56 Å². The highest BCUT2D eigenvalue weighted by Crippen LogP contribution is 2.37. The van der Waals surface area contributed by atoms with Gasteiger partial charge in [0.15, 0.2) is 0 Å². The van der Waals surface area contributed by atoms with E-state index < -0.39 is 0 Å². The molecule has 0 heterocycles. The second-order valence-electron chi connectivity index (χ2n) is 2.74. The Morgan fingerprint density at radius 1 is 1.15 bits per heavy atom. The van der Waals surface area contributed by atoms with Gasteiger partial charge in [0.1, 0.15) is 0 Å². The molecule has 1 rings (SSSR count). The van der Waals surface area contributed by atoms with Crippen LogP contribution in [0.2, 0.25) is 0 Å². The van der Waals surface area contributed by atoms with Crippen molar-refractivity contribution in [3.63, 3.8) is 0 Å². The molecule has 0 aliphatic rings. The summed E-state index contributed by atoms with van der Waals surface area (Å²) in [5.74, 6) is 0. The molecule has 1 aromatic carbocycles. The van der Waals surface area contributed by atoms with Gasteiger partial charge in [-0.05, 0) is 31.1 Å². The molecule has 0 unspecified atom stereocenters. The number of nitrogens with two attached hydrogens (primary N) is 2. The van der Waals surface area contributed by atoms with Gasteiger partial charge in [-0.25, -0.2) is 0 Å². The normalized spacial score (nSPS) is 10.4. The van der Waals surface area contributed by atoms with E-state index in [1.807, 2.05) is 25.5 Å². The van der Waals surface area contributed by atoms with Crippen LogP contribution in [-0.4, -0.2) is 12.5 Å². The molecule has 0 atom stereocenters. The third kappa shape index (κ3) is 1.89. The largest absolute Gasteiger partial charge is 0.398 e. The molecule has 72 valence electrons. The molecule has 0 saturated carbocycles. The maximum atomic E-state index is 5.98. The lowest BCUT2D eigenvalue weighted by atomic mass is 10.2. The summed E-state index contributed by atoms with van der Waals surface area (Å²) < 4.78 is 0. The molecule has 0 aliphatic heterocycles. The highest BCUT2D eigenvalue weighted by atomic mass is 32.2. The molecular formula is C9H14N2S2. The zero-order valence-corrected chi connectivity index (χ0v) is 9.68. The summed E-state index contributed by atoms with van der Waals surface area (Å²) in [6.45, 7) is 2.00. The summed E-state index contributed by atoms with van der Waals surface area (Å²) >= 11 is 3.28. The number of benzene rings is 1. The molecule has 13 heavy (non-hydrogen) atoms. The van der Waals surface area contributed by atoms with Gasteiger partial charge in [-0.3, -0.25) is 0 Å². The number of thioether (sulfide) groups is 2. The van der Waals surface area contributed by atoms with Crippen LogP contribution in [0.5, 0.6) is 0 Å². The Labute approximate surface area is 87.5 Å². The zero-order valence-electron chi connectivity index (χ0n) is 8.05. The molecule has 0 fully saturated rings. The van der Waals surface area contributed by atoms with Gasteiger partial charge >= 0.3 is 0 Å². The summed E-state index contributed by atoms with van der Waals surface area (Å²) in [6, 6.07) is 1.94. The van der Waals surface area contributed by atoms with Crippen LogP contribution >= 0.6 is 23.5 Å². The van der Waals surface area contributed by atoms with Gasteiger partial charge in [0.25, 0.3) is 0 Å². The fourth-order valence-corrected chi connectivity index (χ4v) is 2.59. The smallest absolute Gasteiger partial charge is 0.0594 e. The van der Waals surface area contributed by atoms with E-state index in [1.54, 1.807) is 23.5 Å². The van der Waals surface area contributed by atoms with E-state index in [0.717, 1.165) is 26.7 Å². The minimum Gasteiger partial charge on any atom is -0.398 e.